The molecule has 1 amide bonds. The molecule has 1 unspecified atom stereocenters. The molecule has 3 heterocycles. The summed E-state index contributed by atoms with van der Waals surface area (Å²) >= 11 is 0. The summed E-state index contributed by atoms with van der Waals surface area (Å²) < 4.78 is 41.1. The highest BCUT2D eigenvalue weighted by molar-refractivity contribution is 5.81. The van der Waals surface area contributed by atoms with E-state index in [1.54, 1.807) is 37.4 Å². The van der Waals surface area contributed by atoms with Crippen molar-refractivity contribution in [3.63, 3.8) is 0 Å². The number of piperidine rings is 1. The zero-order valence-electron chi connectivity index (χ0n) is 20.2. The fourth-order valence-electron chi connectivity index (χ4n) is 4.64. The van der Waals surface area contributed by atoms with Crippen LogP contribution in [0.25, 0.3) is 0 Å². The average molecular weight is 498 g/mol. The minimum Gasteiger partial charge on any atom is -0.369 e. The van der Waals surface area contributed by atoms with E-state index in [0.29, 0.717) is 30.1 Å². The van der Waals surface area contributed by atoms with E-state index in [0.717, 1.165) is 48.9 Å². The second-order valence-corrected chi connectivity index (χ2v) is 9.26. The molecule has 0 radical (unpaired) electrons. The van der Waals surface area contributed by atoms with Crippen LogP contribution in [0, 0.1) is 0 Å². The Balaban J connectivity index is 1.53. The lowest BCUT2D eigenvalue weighted by Crippen LogP contribution is -2.27. The molecule has 1 saturated heterocycles. The number of rotatable bonds is 8. The van der Waals surface area contributed by atoms with Gasteiger partial charge in [-0.25, -0.2) is 9.97 Å². The summed E-state index contributed by atoms with van der Waals surface area (Å²) in [5.74, 6) is -0.283. The summed E-state index contributed by atoms with van der Waals surface area (Å²) in [6.45, 7) is 3.64. The van der Waals surface area contributed by atoms with Gasteiger partial charge >= 0.3 is 6.18 Å². The van der Waals surface area contributed by atoms with Gasteiger partial charge in [-0.1, -0.05) is 30.3 Å². The lowest BCUT2D eigenvalue weighted by atomic mass is 9.92. The maximum atomic E-state index is 13.7. The third kappa shape index (κ3) is 6.26. The van der Waals surface area contributed by atoms with Crippen molar-refractivity contribution in [2.75, 3.05) is 13.1 Å². The molecule has 1 aromatic carbocycles. The van der Waals surface area contributed by atoms with Crippen molar-refractivity contribution in [1.29, 1.82) is 0 Å². The first-order valence-electron chi connectivity index (χ1n) is 12.2. The van der Waals surface area contributed by atoms with E-state index >= 15 is 0 Å². The molecular formula is C27H30F3N5O. The van der Waals surface area contributed by atoms with Gasteiger partial charge in [0.25, 0.3) is 0 Å². The molecule has 0 bridgehead atoms. The molecule has 9 heteroatoms. The molecule has 1 aliphatic rings. The summed E-state index contributed by atoms with van der Waals surface area (Å²) in [6.07, 6.45) is 0.787. The molecule has 0 saturated carbocycles. The minimum atomic E-state index is -4.56. The Morgan fingerprint density at radius 1 is 1.08 bits per heavy atom. The van der Waals surface area contributed by atoms with Crippen LogP contribution in [0.2, 0.25) is 0 Å². The van der Waals surface area contributed by atoms with E-state index in [9.17, 15) is 18.0 Å². The second-order valence-electron chi connectivity index (χ2n) is 9.26. The summed E-state index contributed by atoms with van der Waals surface area (Å²) in [7, 11) is 0. The molecule has 6 nitrogen and oxygen atoms in total. The van der Waals surface area contributed by atoms with E-state index in [2.05, 4.69) is 20.3 Å². The summed E-state index contributed by atoms with van der Waals surface area (Å²) in [5.41, 5.74) is 7.93. The van der Waals surface area contributed by atoms with Crippen LogP contribution in [0.15, 0.2) is 48.8 Å². The van der Waals surface area contributed by atoms with Gasteiger partial charge in [0.15, 0.2) is 0 Å². The Hall–Kier alpha value is -3.33. The number of hydrogen-bond acceptors (Lipinski definition) is 5. The smallest absolute Gasteiger partial charge is 0.369 e. The molecule has 190 valence electrons. The van der Waals surface area contributed by atoms with Crippen molar-refractivity contribution >= 4 is 5.91 Å². The first-order valence-corrected chi connectivity index (χ1v) is 12.2. The third-order valence-electron chi connectivity index (χ3n) is 6.77. The number of aromatic nitrogens is 3. The van der Waals surface area contributed by atoms with Gasteiger partial charge in [-0.3, -0.25) is 9.78 Å². The quantitative estimate of drug-likeness (QED) is 0.483. The molecule has 4 rings (SSSR count). The Labute approximate surface area is 208 Å². The van der Waals surface area contributed by atoms with Crippen LogP contribution in [0.4, 0.5) is 13.2 Å². The highest BCUT2D eigenvalue weighted by Crippen LogP contribution is 2.32. The molecule has 3 aromatic rings. The van der Waals surface area contributed by atoms with Crippen LogP contribution >= 0.6 is 0 Å². The van der Waals surface area contributed by atoms with Crippen LogP contribution in [0.1, 0.15) is 71.1 Å². The predicted molar refractivity (Wildman–Crippen MR) is 130 cm³/mol. The van der Waals surface area contributed by atoms with Crippen molar-refractivity contribution in [3.05, 3.63) is 88.3 Å². The van der Waals surface area contributed by atoms with Gasteiger partial charge in [-0.05, 0) is 68.5 Å². The number of pyridine rings is 1. The molecular weight excluding hydrogens is 467 g/mol. The predicted octanol–water partition coefficient (Wildman–Crippen LogP) is 4.32. The van der Waals surface area contributed by atoms with Gasteiger partial charge in [-0.2, -0.15) is 13.2 Å². The van der Waals surface area contributed by atoms with Crippen molar-refractivity contribution in [2.24, 2.45) is 5.73 Å². The molecule has 1 aliphatic heterocycles. The van der Waals surface area contributed by atoms with Gasteiger partial charge in [0.1, 0.15) is 5.82 Å². The number of nitrogens with two attached hydrogens (primary N) is 1. The number of hydrogen-bond donors (Lipinski definition) is 2. The number of alkyl halides is 3. The number of amides is 1. The number of nitrogens with one attached hydrogen (secondary N) is 1. The van der Waals surface area contributed by atoms with Crippen molar-refractivity contribution in [1.82, 2.24) is 20.3 Å². The van der Waals surface area contributed by atoms with Gasteiger partial charge in [-0.15, -0.1) is 0 Å². The lowest BCUT2D eigenvalue weighted by molar-refractivity contribution is -0.138. The van der Waals surface area contributed by atoms with E-state index < -0.39 is 23.6 Å². The fraction of sp³-hybridized carbons (Fsp3) is 0.407. The van der Waals surface area contributed by atoms with E-state index in [1.807, 2.05) is 12.1 Å². The van der Waals surface area contributed by atoms with E-state index in [4.69, 9.17) is 5.73 Å². The number of benzene rings is 1. The van der Waals surface area contributed by atoms with Crippen LogP contribution in [0.3, 0.4) is 0 Å². The van der Waals surface area contributed by atoms with Crippen LogP contribution < -0.4 is 11.1 Å². The maximum absolute atomic E-state index is 13.7. The zero-order chi connectivity index (χ0) is 25.7. The largest absolute Gasteiger partial charge is 0.419 e. The van der Waals surface area contributed by atoms with Gasteiger partial charge in [0.05, 0.1) is 17.2 Å². The Kier molecular flexibility index (Phi) is 7.98. The number of halogens is 3. The van der Waals surface area contributed by atoms with Crippen LogP contribution in [0.5, 0.6) is 0 Å². The molecule has 3 N–H and O–H groups in total. The Bertz CT molecular complexity index is 1190. The number of nitrogens with zero attached hydrogens (tertiary/aromatic N) is 3. The first-order chi connectivity index (χ1) is 17.2. The summed E-state index contributed by atoms with van der Waals surface area (Å²) in [4.78, 5) is 24.6. The zero-order valence-corrected chi connectivity index (χ0v) is 20.2. The first kappa shape index (κ1) is 25.8. The topological polar surface area (TPSA) is 93.8 Å². The van der Waals surface area contributed by atoms with Gasteiger partial charge in [0.2, 0.25) is 5.91 Å². The molecule has 1 fully saturated rings. The highest BCUT2D eigenvalue weighted by atomic mass is 19.4. The second kappa shape index (κ2) is 11.2. The number of primary amides is 1. The van der Waals surface area contributed by atoms with Gasteiger partial charge in [0, 0.05) is 30.4 Å². The number of aryl methyl sites for hydroxylation is 2. The fourth-order valence-corrected chi connectivity index (χ4v) is 4.64. The van der Waals surface area contributed by atoms with Crippen molar-refractivity contribution in [2.45, 2.75) is 57.0 Å². The average Bonchev–Trinajstić information content (AvgIpc) is 2.87. The monoisotopic (exact) mass is 497 g/mol. The molecule has 0 aliphatic carbocycles. The highest BCUT2D eigenvalue weighted by Gasteiger charge is 2.35. The van der Waals surface area contributed by atoms with Crippen LogP contribution in [-0.4, -0.2) is 33.9 Å². The lowest BCUT2D eigenvalue weighted by Gasteiger charge is -2.22. The van der Waals surface area contributed by atoms with Crippen molar-refractivity contribution in [3.8, 4) is 0 Å². The van der Waals surface area contributed by atoms with Crippen molar-refractivity contribution < 1.29 is 18.0 Å². The number of carbonyl (C=O) groups excluding carboxylic acids is 1. The van der Waals surface area contributed by atoms with Gasteiger partial charge < -0.3 is 11.1 Å². The Morgan fingerprint density at radius 2 is 1.83 bits per heavy atom. The summed E-state index contributed by atoms with van der Waals surface area (Å²) in [5, 5.41) is 3.34. The SMILES string of the molecule is CC(C(N)=O)c1ccccc1CCc1nc(Cc2ccc(C3CCNCC3)nc2)ncc1C(F)(F)F. The molecule has 36 heavy (non-hydrogen) atoms. The summed E-state index contributed by atoms with van der Waals surface area (Å²) in [6, 6.07) is 11.1. The normalized spacial score (nSPS) is 15.6. The van der Waals surface area contributed by atoms with E-state index in [-0.39, 0.29) is 12.1 Å². The van der Waals surface area contributed by atoms with E-state index in [1.165, 1.54) is 0 Å². The Morgan fingerprint density at radius 3 is 2.50 bits per heavy atom. The maximum Gasteiger partial charge on any atom is 0.419 e. The van der Waals surface area contributed by atoms with Crippen LogP contribution in [-0.2, 0) is 30.2 Å². The molecule has 1 atom stereocenters. The molecule has 0 spiro atoms. The standard InChI is InChI=1S/C27H30F3N5O/c1-17(26(31)36)21-5-3-2-4-19(21)7-9-24-22(27(28,29)30)16-34-25(35-24)14-18-6-8-23(33-15-18)20-10-12-32-13-11-20/h2-6,8,15-17,20,32H,7,9-14H2,1H3,(H2,31,36). The minimum absolute atomic E-state index is 0.0553. The third-order valence-corrected chi connectivity index (χ3v) is 6.77. The number of carbonyl (C=O) groups is 1. The molecule has 2 aromatic heterocycles.